The van der Waals surface area contributed by atoms with Crippen LogP contribution in [0.15, 0.2) is 180 Å². The molecule has 0 saturated carbocycles. The van der Waals surface area contributed by atoms with Gasteiger partial charge < -0.3 is 9.32 Å². The van der Waals surface area contributed by atoms with E-state index in [1.807, 2.05) is 11.3 Å². The maximum absolute atomic E-state index is 6.67. The molecule has 0 amide bonds. The molecule has 9 aromatic carbocycles. The lowest BCUT2D eigenvalue weighted by molar-refractivity contribution is 0.673. The first-order valence-electron chi connectivity index (χ1n) is 19.3. The van der Waals surface area contributed by atoms with Crippen molar-refractivity contribution in [1.29, 1.82) is 0 Å². The van der Waals surface area contributed by atoms with E-state index in [9.17, 15) is 0 Å². The van der Waals surface area contributed by atoms with E-state index in [2.05, 4.69) is 194 Å². The number of hydrogen-bond acceptors (Lipinski definition) is 3. The second kappa shape index (κ2) is 11.8. The minimum absolute atomic E-state index is 0.930. The highest BCUT2D eigenvalue weighted by atomic mass is 32.1. The summed E-state index contributed by atoms with van der Waals surface area (Å²) < 4.78 is 9.21. The van der Waals surface area contributed by atoms with Gasteiger partial charge in [0.05, 0.1) is 0 Å². The average Bonchev–Trinajstić information content (AvgIpc) is 3.88. The maximum atomic E-state index is 6.67. The number of rotatable bonds is 4. The van der Waals surface area contributed by atoms with E-state index in [1.165, 1.54) is 79.7 Å². The zero-order valence-corrected chi connectivity index (χ0v) is 32.8. The van der Waals surface area contributed by atoms with Gasteiger partial charge in [-0.1, -0.05) is 122 Å². The molecule has 2 nitrogen and oxygen atoms in total. The van der Waals surface area contributed by atoms with Crippen LogP contribution < -0.4 is 15.3 Å². The quantitative estimate of drug-likeness (QED) is 0.167. The van der Waals surface area contributed by atoms with E-state index in [4.69, 9.17) is 4.42 Å². The molecule has 3 heterocycles. The van der Waals surface area contributed by atoms with E-state index in [-0.39, 0.29) is 0 Å². The summed E-state index contributed by atoms with van der Waals surface area (Å²) in [6.45, 7) is 4.97. The number of benzene rings is 9. The van der Waals surface area contributed by atoms with Gasteiger partial charge in [0.1, 0.15) is 19.2 Å². The summed E-state index contributed by atoms with van der Waals surface area (Å²) in [4.78, 5) is 2.45. The van der Waals surface area contributed by atoms with Gasteiger partial charge in [-0.15, -0.1) is 11.3 Å². The van der Waals surface area contributed by atoms with Crippen molar-refractivity contribution in [1.82, 2.24) is 0 Å². The van der Waals surface area contributed by atoms with Crippen LogP contribution in [-0.4, -0.2) is 8.07 Å². The van der Waals surface area contributed by atoms with Gasteiger partial charge >= 0.3 is 0 Å². The van der Waals surface area contributed by atoms with E-state index < -0.39 is 8.07 Å². The first-order valence-corrected chi connectivity index (χ1v) is 23.1. The van der Waals surface area contributed by atoms with Gasteiger partial charge in [0, 0.05) is 53.4 Å². The summed E-state index contributed by atoms with van der Waals surface area (Å²) in [7, 11) is -1.81. The van der Waals surface area contributed by atoms with Gasteiger partial charge in [-0.2, -0.15) is 0 Å². The molecule has 0 unspecified atom stereocenters. The Morgan fingerprint density at radius 2 is 1.12 bits per heavy atom. The lowest BCUT2D eigenvalue weighted by Crippen LogP contribution is -2.49. The van der Waals surface area contributed by atoms with Crippen molar-refractivity contribution >= 4 is 111 Å². The van der Waals surface area contributed by atoms with E-state index in [0.717, 1.165) is 33.6 Å². The molecule has 0 fully saturated rings. The van der Waals surface area contributed by atoms with Gasteiger partial charge in [0.2, 0.25) is 0 Å². The Labute approximate surface area is 329 Å². The molecule has 12 rings (SSSR count). The molecule has 1 aliphatic rings. The summed E-state index contributed by atoms with van der Waals surface area (Å²) in [5.74, 6) is 0. The summed E-state index contributed by atoms with van der Waals surface area (Å²) in [5.41, 5.74) is 10.5. The van der Waals surface area contributed by atoms with Crippen molar-refractivity contribution < 1.29 is 4.42 Å². The molecular formula is C52H35NOSSi. The van der Waals surface area contributed by atoms with Crippen molar-refractivity contribution in [2.75, 3.05) is 4.90 Å². The van der Waals surface area contributed by atoms with Gasteiger partial charge in [-0.25, -0.2) is 0 Å². The molecule has 4 heteroatoms. The normalized spacial score (nSPS) is 13.3. The summed E-state index contributed by atoms with van der Waals surface area (Å²) in [6.07, 6.45) is 0. The molecule has 0 saturated heterocycles. The van der Waals surface area contributed by atoms with Gasteiger partial charge in [0.15, 0.2) is 0 Å². The Morgan fingerprint density at radius 3 is 2.02 bits per heavy atom. The van der Waals surface area contributed by atoms with Crippen LogP contribution in [0.1, 0.15) is 0 Å². The highest BCUT2D eigenvalue weighted by molar-refractivity contribution is 7.26. The monoisotopic (exact) mass is 749 g/mol. The fraction of sp³-hybridized carbons (Fsp3) is 0.0385. The average molecular weight is 750 g/mol. The number of nitrogens with zero attached hydrogens (tertiary/aromatic N) is 1. The molecule has 0 spiro atoms. The number of hydrogen-bond donors (Lipinski definition) is 0. The van der Waals surface area contributed by atoms with Crippen molar-refractivity contribution in [3.8, 4) is 22.3 Å². The van der Waals surface area contributed by atoms with Gasteiger partial charge in [-0.05, 0) is 116 Å². The summed E-state index contributed by atoms with van der Waals surface area (Å²) in [5, 5.41) is 12.8. The molecule has 56 heavy (non-hydrogen) atoms. The van der Waals surface area contributed by atoms with Crippen molar-refractivity contribution in [2.45, 2.75) is 13.1 Å². The molecule has 1 aliphatic heterocycles. The summed E-state index contributed by atoms with van der Waals surface area (Å²) in [6, 6.07) is 65.1. The number of anilines is 3. The van der Waals surface area contributed by atoms with Crippen LogP contribution in [0.4, 0.5) is 17.1 Å². The third kappa shape index (κ3) is 4.60. The van der Waals surface area contributed by atoms with Crippen LogP contribution >= 0.6 is 11.3 Å². The first kappa shape index (κ1) is 31.8. The van der Waals surface area contributed by atoms with E-state index in [0.29, 0.717) is 0 Å². The van der Waals surface area contributed by atoms with Crippen molar-refractivity contribution in [3.05, 3.63) is 176 Å². The molecule has 11 aromatic rings. The number of fused-ring (bicyclic) bond motifs is 13. The lowest BCUT2D eigenvalue weighted by Gasteiger charge is -2.27. The minimum atomic E-state index is -1.81. The fourth-order valence-electron chi connectivity index (χ4n) is 9.46. The van der Waals surface area contributed by atoms with E-state index >= 15 is 0 Å². The third-order valence-corrected chi connectivity index (χ3v) is 16.9. The molecule has 0 bridgehead atoms. The SMILES string of the molecule is C[Si]1(C)c2ccccc2-c2cc(N(c3ccc(-c4ccc5ccccc5c4)cc3)c3ccc4sc5ccc6oc7c8ccccc8ccc7c6c5c4c3)ccc21. The van der Waals surface area contributed by atoms with Gasteiger partial charge in [-0.3, -0.25) is 0 Å². The predicted molar refractivity (Wildman–Crippen MR) is 244 cm³/mol. The molecule has 0 atom stereocenters. The maximum Gasteiger partial charge on any atom is 0.143 e. The van der Waals surface area contributed by atoms with Crippen molar-refractivity contribution in [2.24, 2.45) is 0 Å². The molecule has 0 radical (unpaired) electrons. The molecule has 0 N–H and O–H groups in total. The first-order chi connectivity index (χ1) is 27.5. The predicted octanol–water partition coefficient (Wildman–Crippen LogP) is 14.2. The zero-order valence-electron chi connectivity index (χ0n) is 31.0. The van der Waals surface area contributed by atoms with Crippen LogP contribution in [0.3, 0.4) is 0 Å². The van der Waals surface area contributed by atoms with Crippen LogP contribution in [0.5, 0.6) is 0 Å². The van der Waals surface area contributed by atoms with E-state index in [1.54, 1.807) is 0 Å². The Hall–Kier alpha value is -6.46. The Morgan fingerprint density at radius 1 is 0.446 bits per heavy atom. The topological polar surface area (TPSA) is 16.4 Å². The Bertz CT molecular complexity index is 3410. The van der Waals surface area contributed by atoms with Crippen LogP contribution in [0.25, 0.3) is 85.9 Å². The number of furan rings is 1. The fourth-order valence-corrected chi connectivity index (χ4v) is 13.6. The zero-order chi connectivity index (χ0) is 37.1. The highest BCUT2D eigenvalue weighted by Gasteiger charge is 2.37. The van der Waals surface area contributed by atoms with Crippen LogP contribution in [-0.2, 0) is 0 Å². The lowest BCUT2D eigenvalue weighted by atomic mass is 10.0. The van der Waals surface area contributed by atoms with Gasteiger partial charge in [0.25, 0.3) is 0 Å². The molecule has 264 valence electrons. The standard InChI is InChI=1S/C52H35NOSSi/c1-56(2)48-14-8-7-13-41(48)43-30-39(23-28-49(43)56)53(37-20-17-33(18-21-37)36-16-15-32-9-3-4-11-35(32)29-36)38-22-26-46-44(31-38)51-47(55-46)27-25-45-50(51)42-24-19-34-10-5-6-12-40(34)52(42)54-45/h3-31H,1-2H3. The van der Waals surface area contributed by atoms with Crippen molar-refractivity contribution in [3.63, 3.8) is 0 Å². The second-order valence-electron chi connectivity index (χ2n) is 15.7. The third-order valence-electron chi connectivity index (χ3n) is 12.2. The molecule has 0 aliphatic carbocycles. The largest absolute Gasteiger partial charge is 0.455 e. The Balaban J connectivity index is 1.07. The Kier molecular flexibility index (Phi) is 6.69. The smallest absolute Gasteiger partial charge is 0.143 e. The number of thiophene rings is 1. The second-order valence-corrected chi connectivity index (χ2v) is 21.1. The minimum Gasteiger partial charge on any atom is -0.455 e. The molecule has 2 aromatic heterocycles. The van der Waals surface area contributed by atoms with Crippen LogP contribution in [0, 0.1) is 0 Å². The highest BCUT2D eigenvalue weighted by Crippen LogP contribution is 2.47. The summed E-state index contributed by atoms with van der Waals surface area (Å²) >= 11 is 1.86. The van der Waals surface area contributed by atoms with Crippen LogP contribution in [0.2, 0.25) is 13.1 Å². The molecular weight excluding hydrogens is 715 g/mol.